The van der Waals surface area contributed by atoms with Crippen LogP contribution in [0.4, 0.5) is 0 Å². The van der Waals surface area contributed by atoms with Gasteiger partial charge in [-0.05, 0) is 36.8 Å². The molecule has 1 aromatic heterocycles. The number of hydrogen-bond donors (Lipinski definition) is 2. The van der Waals surface area contributed by atoms with E-state index >= 15 is 0 Å². The lowest BCUT2D eigenvalue weighted by molar-refractivity contribution is -0.899. The topological polar surface area (TPSA) is 59.8 Å². The minimum Gasteiger partial charge on any atom is -0.466 e. The van der Waals surface area contributed by atoms with Crippen LogP contribution in [-0.4, -0.2) is 38.1 Å². The fraction of sp³-hybridized carbons (Fsp3) is 0.429. The van der Waals surface area contributed by atoms with Crippen molar-refractivity contribution in [2.24, 2.45) is 5.92 Å². The number of piperidine rings is 1. The highest BCUT2D eigenvalue weighted by Crippen LogP contribution is 2.25. The molecule has 1 saturated heterocycles. The molecule has 5 nitrogen and oxygen atoms in total. The van der Waals surface area contributed by atoms with Crippen molar-refractivity contribution in [3.8, 4) is 0 Å². The molecule has 3 atom stereocenters. The van der Waals surface area contributed by atoms with Crippen LogP contribution >= 0.6 is 11.3 Å². The van der Waals surface area contributed by atoms with Crippen LogP contribution in [-0.2, 0) is 14.3 Å². The van der Waals surface area contributed by atoms with Crippen LogP contribution in [0.3, 0.4) is 0 Å². The first kappa shape index (κ1) is 19.6. The zero-order valence-electron chi connectivity index (χ0n) is 15.6. The summed E-state index contributed by atoms with van der Waals surface area (Å²) in [6, 6.07) is 13.9. The lowest BCUT2D eigenvalue weighted by atomic mass is 9.98. The van der Waals surface area contributed by atoms with Crippen molar-refractivity contribution in [1.29, 1.82) is 0 Å². The number of likely N-dealkylation sites (tertiary alicyclic amines) is 1. The number of thiophene rings is 1. The minimum atomic E-state index is -0.135. The second kappa shape index (κ2) is 9.67. The second-order valence-corrected chi connectivity index (χ2v) is 7.88. The molecular formula is C21H27N2O3S+. The average Bonchev–Trinajstić information content (AvgIpc) is 3.22. The molecule has 27 heavy (non-hydrogen) atoms. The van der Waals surface area contributed by atoms with E-state index in [1.165, 1.54) is 0 Å². The Hall–Kier alpha value is -2.18. The third-order valence-electron chi connectivity index (χ3n) is 4.91. The summed E-state index contributed by atoms with van der Waals surface area (Å²) >= 11 is 1.64. The van der Waals surface area contributed by atoms with Gasteiger partial charge in [-0.25, -0.2) is 0 Å². The number of rotatable bonds is 7. The van der Waals surface area contributed by atoms with Gasteiger partial charge in [-0.2, -0.15) is 0 Å². The van der Waals surface area contributed by atoms with Gasteiger partial charge in [0.25, 0.3) is 5.91 Å². The molecule has 144 valence electrons. The van der Waals surface area contributed by atoms with Gasteiger partial charge in [0, 0.05) is 4.88 Å². The molecule has 1 amide bonds. The number of quaternary nitrogens is 1. The van der Waals surface area contributed by atoms with Crippen LogP contribution < -0.4 is 10.2 Å². The van der Waals surface area contributed by atoms with Crippen molar-refractivity contribution in [3.63, 3.8) is 0 Å². The molecule has 0 radical (unpaired) electrons. The third-order valence-corrected chi connectivity index (χ3v) is 5.85. The molecule has 0 bridgehead atoms. The van der Waals surface area contributed by atoms with E-state index in [4.69, 9.17) is 4.74 Å². The first-order valence-corrected chi connectivity index (χ1v) is 10.4. The van der Waals surface area contributed by atoms with Gasteiger partial charge in [0.2, 0.25) is 0 Å². The highest BCUT2D eigenvalue weighted by molar-refractivity contribution is 7.10. The Kier molecular flexibility index (Phi) is 7.01. The van der Waals surface area contributed by atoms with Crippen molar-refractivity contribution >= 4 is 23.2 Å². The molecule has 2 aromatic rings. The summed E-state index contributed by atoms with van der Waals surface area (Å²) in [7, 11) is 0. The van der Waals surface area contributed by atoms with Gasteiger partial charge >= 0.3 is 5.97 Å². The SMILES string of the molecule is CCOC(=O)[C@@H]1CCC[NH+](CC(=O)N[C@@H](c2ccccc2)c2cccs2)C1. The quantitative estimate of drug-likeness (QED) is 0.713. The van der Waals surface area contributed by atoms with E-state index in [0.29, 0.717) is 19.7 Å². The van der Waals surface area contributed by atoms with Crippen LogP contribution in [0.1, 0.15) is 36.2 Å². The minimum absolute atomic E-state index is 0.0109. The highest BCUT2D eigenvalue weighted by Gasteiger charge is 2.31. The summed E-state index contributed by atoms with van der Waals surface area (Å²) in [5.74, 6) is -0.212. The largest absolute Gasteiger partial charge is 0.466 e. The second-order valence-electron chi connectivity index (χ2n) is 6.90. The fourth-order valence-electron chi connectivity index (χ4n) is 3.63. The van der Waals surface area contributed by atoms with Crippen molar-refractivity contribution in [2.75, 3.05) is 26.2 Å². The van der Waals surface area contributed by atoms with Crippen LogP contribution in [0.2, 0.25) is 0 Å². The van der Waals surface area contributed by atoms with Crippen molar-refractivity contribution in [2.45, 2.75) is 25.8 Å². The molecule has 1 unspecified atom stereocenters. The number of carbonyl (C=O) groups is 2. The van der Waals surface area contributed by atoms with Crippen LogP contribution in [0.5, 0.6) is 0 Å². The molecule has 0 spiro atoms. The molecule has 6 heteroatoms. The maximum atomic E-state index is 12.7. The summed E-state index contributed by atoms with van der Waals surface area (Å²) in [5.41, 5.74) is 1.08. The Balaban J connectivity index is 1.62. The van der Waals surface area contributed by atoms with Gasteiger partial charge < -0.3 is 15.0 Å². The normalized spacial score (nSPS) is 20.6. The van der Waals surface area contributed by atoms with E-state index in [1.807, 2.05) is 54.8 Å². The molecule has 1 aliphatic rings. The summed E-state index contributed by atoms with van der Waals surface area (Å²) in [5, 5.41) is 5.21. The number of amides is 1. The molecule has 1 aromatic carbocycles. The smallest absolute Gasteiger partial charge is 0.314 e. The van der Waals surface area contributed by atoms with E-state index in [0.717, 1.165) is 34.7 Å². The molecule has 2 N–H and O–H groups in total. The van der Waals surface area contributed by atoms with Crippen LogP contribution in [0.25, 0.3) is 0 Å². The number of benzene rings is 1. The lowest BCUT2D eigenvalue weighted by Crippen LogP contribution is -3.14. The van der Waals surface area contributed by atoms with Crippen molar-refractivity contribution in [3.05, 3.63) is 58.3 Å². The summed E-state index contributed by atoms with van der Waals surface area (Å²) in [6.07, 6.45) is 1.80. The number of esters is 1. The zero-order valence-corrected chi connectivity index (χ0v) is 16.5. The van der Waals surface area contributed by atoms with E-state index in [-0.39, 0.29) is 23.8 Å². The summed E-state index contributed by atoms with van der Waals surface area (Å²) in [4.78, 5) is 27.0. The van der Waals surface area contributed by atoms with Gasteiger partial charge in [-0.3, -0.25) is 9.59 Å². The van der Waals surface area contributed by atoms with Crippen molar-refractivity contribution in [1.82, 2.24) is 5.32 Å². The van der Waals surface area contributed by atoms with Gasteiger partial charge in [-0.15, -0.1) is 11.3 Å². The summed E-state index contributed by atoms with van der Waals surface area (Å²) < 4.78 is 5.15. The zero-order chi connectivity index (χ0) is 19.1. The Morgan fingerprint density at radius 3 is 2.78 bits per heavy atom. The Morgan fingerprint density at radius 2 is 2.07 bits per heavy atom. The van der Waals surface area contributed by atoms with E-state index < -0.39 is 0 Å². The molecule has 1 aliphatic heterocycles. The fourth-order valence-corrected chi connectivity index (χ4v) is 4.43. The van der Waals surface area contributed by atoms with Crippen LogP contribution in [0, 0.1) is 5.92 Å². The summed E-state index contributed by atoms with van der Waals surface area (Å²) in [6.45, 7) is 4.20. The van der Waals surface area contributed by atoms with E-state index in [2.05, 4.69) is 5.32 Å². The van der Waals surface area contributed by atoms with Gasteiger partial charge in [0.15, 0.2) is 6.54 Å². The Morgan fingerprint density at radius 1 is 1.26 bits per heavy atom. The van der Waals surface area contributed by atoms with Gasteiger partial charge in [0.05, 0.1) is 25.7 Å². The van der Waals surface area contributed by atoms with Crippen molar-refractivity contribution < 1.29 is 19.2 Å². The van der Waals surface area contributed by atoms with Gasteiger partial charge in [0.1, 0.15) is 5.92 Å². The monoisotopic (exact) mass is 387 g/mol. The number of carbonyl (C=O) groups excluding carboxylic acids is 2. The first-order chi connectivity index (χ1) is 13.2. The lowest BCUT2D eigenvalue weighted by Gasteiger charge is -2.28. The predicted molar refractivity (Wildman–Crippen MR) is 106 cm³/mol. The van der Waals surface area contributed by atoms with Gasteiger partial charge in [-0.1, -0.05) is 36.4 Å². The molecule has 0 aliphatic carbocycles. The maximum Gasteiger partial charge on any atom is 0.314 e. The number of hydrogen-bond acceptors (Lipinski definition) is 4. The van der Waals surface area contributed by atoms with Crippen LogP contribution in [0.15, 0.2) is 47.8 Å². The molecule has 1 fully saturated rings. The highest BCUT2D eigenvalue weighted by atomic mass is 32.1. The molecule has 0 saturated carbocycles. The first-order valence-electron chi connectivity index (χ1n) is 9.55. The Labute approximate surface area is 164 Å². The van der Waals surface area contributed by atoms with E-state index in [1.54, 1.807) is 11.3 Å². The molecule has 2 heterocycles. The Bertz CT molecular complexity index is 733. The molecular weight excluding hydrogens is 360 g/mol. The number of ether oxygens (including phenoxy) is 1. The standard InChI is InChI=1S/C21H26N2O3S/c1-2-26-21(25)17-10-6-12-23(14-17)15-19(24)22-20(18-11-7-13-27-18)16-8-4-3-5-9-16/h3-5,7-9,11,13,17,20H,2,6,10,12,14-15H2,1H3,(H,22,24)/p+1/t17-,20+/m1/s1. The predicted octanol–water partition coefficient (Wildman–Crippen LogP) is 1.81. The average molecular weight is 388 g/mol. The number of nitrogens with one attached hydrogen (secondary N) is 2. The van der Waals surface area contributed by atoms with E-state index in [9.17, 15) is 9.59 Å². The molecule has 3 rings (SSSR count). The third kappa shape index (κ3) is 5.40. The maximum absolute atomic E-state index is 12.7.